The summed E-state index contributed by atoms with van der Waals surface area (Å²) in [5.41, 5.74) is -0.742. The zero-order valence-electron chi connectivity index (χ0n) is 6.32. The number of hydrogen-bond donors (Lipinski definition) is 2. The number of rotatable bonds is 3. The van der Waals surface area contributed by atoms with E-state index in [1.54, 1.807) is 0 Å². The van der Waals surface area contributed by atoms with E-state index >= 15 is 0 Å². The number of aliphatic hydroxyl groups excluding tert-OH is 2. The summed E-state index contributed by atoms with van der Waals surface area (Å²) in [7, 11) is -3.08. The Morgan fingerprint density at radius 1 is 1.45 bits per heavy atom. The van der Waals surface area contributed by atoms with Gasteiger partial charge in [0.15, 0.2) is 9.84 Å². The van der Waals surface area contributed by atoms with Crippen LogP contribution in [0.5, 0.6) is 0 Å². The van der Waals surface area contributed by atoms with Gasteiger partial charge >= 0.3 is 0 Å². The predicted molar refractivity (Wildman–Crippen MR) is 39.9 cm³/mol. The van der Waals surface area contributed by atoms with Crippen molar-refractivity contribution in [3.63, 3.8) is 0 Å². The Kier molecular flexibility index (Phi) is 1.98. The van der Waals surface area contributed by atoms with E-state index in [2.05, 4.69) is 0 Å². The van der Waals surface area contributed by atoms with E-state index in [0.717, 1.165) is 6.26 Å². The lowest BCUT2D eigenvalue weighted by Crippen LogP contribution is -2.21. The topological polar surface area (TPSA) is 74.6 Å². The molecule has 66 valence electrons. The zero-order valence-corrected chi connectivity index (χ0v) is 7.13. The maximum absolute atomic E-state index is 10.9. The van der Waals surface area contributed by atoms with E-state index in [9.17, 15) is 8.42 Å². The molecule has 0 radical (unpaired) electrons. The molecule has 2 N–H and O–H groups in total. The fourth-order valence-electron chi connectivity index (χ4n) is 1.30. The average molecular weight is 180 g/mol. The van der Waals surface area contributed by atoms with Gasteiger partial charge in [-0.2, -0.15) is 0 Å². The molecule has 5 heteroatoms. The highest BCUT2D eigenvalue weighted by Crippen LogP contribution is 2.49. The van der Waals surface area contributed by atoms with Crippen molar-refractivity contribution in [3.8, 4) is 0 Å². The molecule has 0 spiro atoms. The monoisotopic (exact) mass is 180 g/mol. The minimum atomic E-state index is -3.08. The molecular weight excluding hydrogens is 168 g/mol. The lowest BCUT2D eigenvalue weighted by atomic mass is 10.1. The van der Waals surface area contributed by atoms with Crippen molar-refractivity contribution in [2.45, 2.75) is 11.7 Å². The Labute approximate surface area is 65.8 Å². The van der Waals surface area contributed by atoms with Gasteiger partial charge in [-0.1, -0.05) is 0 Å². The molecule has 4 nitrogen and oxygen atoms in total. The molecular formula is C6H12O4S. The normalized spacial score (nSPS) is 28.5. The van der Waals surface area contributed by atoms with Crippen LogP contribution in [0.15, 0.2) is 0 Å². The summed E-state index contributed by atoms with van der Waals surface area (Å²) in [5.74, 6) is 0. The number of hydrogen-bond acceptors (Lipinski definition) is 4. The van der Waals surface area contributed by atoms with Crippen molar-refractivity contribution in [3.05, 3.63) is 0 Å². The minimum absolute atomic E-state index is 0.249. The van der Waals surface area contributed by atoms with Crippen LogP contribution >= 0.6 is 0 Å². The third-order valence-corrected chi connectivity index (χ3v) is 3.96. The first-order valence-electron chi connectivity index (χ1n) is 3.37. The minimum Gasteiger partial charge on any atom is -0.396 e. The molecule has 1 aliphatic carbocycles. The molecule has 0 unspecified atom stereocenters. The van der Waals surface area contributed by atoms with Gasteiger partial charge in [-0.3, -0.25) is 0 Å². The summed E-state index contributed by atoms with van der Waals surface area (Å²) < 4.78 is 21.8. The van der Waals surface area contributed by atoms with Crippen LogP contribution in [0.25, 0.3) is 0 Å². The van der Waals surface area contributed by atoms with Crippen LogP contribution in [0.3, 0.4) is 0 Å². The van der Waals surface area contributed by atoms with Gasteiger partial charge in [0, 0.05) is 11.7 Å². The second kappa shape index (κ2) is 2.43. The molecule has 1 atom stereocenters. The largest absolute Gasteiger partial charge is 0.396 e. The molecule has 11 heavy (non-hydrogen) atoms. The molecule has 1 rings (SSSR count). The standard InChI is InChI=1S/C6H12O4S/c1-11(9,10)5-2-6(5,3-7)4-8/h5,7-8H,2-4H2,1H3/t5-/m1/s1. The average Bonchev–Trinajstić information content (AvgIpc) is 2.61. The lowest BCUT2D eigenvalue weighted by molar-refractivity contribution is 0.134. The van der Waals surface area contributed by atoms with Gasteiger partial charge in [0.05, 0.1) is 18.5 Å². The SMILES string of the molecule is CS(=O)(=O)[C@@H]1CC1(CO)CO. The Hall–Kier alpha value is -0.130. The summed E-state index contributed by atoms with van der Waals surface area (Å²) in [5, 5.41) is 17.0. The Balaban J connectivity index is 2.73. The van der Waals surface area contributed by atoms with Crippen LogP contribution in [0.2, 0.25) is 0 Å². The molecule has 0 aromatic carbocycles. The molecule has 0 amide bonds. The number of aliphatic hydroxyl groups is 2. The van der Waals surface area contributed by atoms with Crippen molar-refractivity contribution in [2.24, 2.45) is 5.41 Å². The van der Waals surface area contributed by atoms with E-state index in [4.69, 9.17) is 10.2 Å². The molecule has 1 aliphatic rings. The summed E-state index contributed by atoms with van der Waals surface area (Å²) >= 11 is 0. The summed E-state index contributed by atoms with van der Waals surface area (Å²) in [6.45, 7) is -0.498. The second-order valence-electron chi connectivity index (χ2n) is 3.20. The van der Waals surface area contributed by atoms with Gasteiger partial charge in [0.1, 0.15) is 0 Å². The van der Waals surface area contributed by atoms with Crippen molar-refractivity contribution < 1.29 is 18.6 Å². The maximum Gasteiger partial charge on any atom is 0.151 e. The summed E-state index contributed by atoms with van der Waals surface area (Å²) in [4.78, 5) is 0. The fraction of sp³-hybridized carbons (Fsp3) is 1.00. The molecule has 0 aromatic rings. The van der Waals surface area contributed by atoms with Crippen LogP contribution in [0, 0.1) is 5.41 Å². The first-order chi connectivity index (χ1) is 4.96. The smallest absolute Gasteiger partial charge is 0.151 e. The van der Waals surface area contributed by atoms with Crippen LogP contribution in [0.4, 0.5) is 0 Å². The van der Waals surface area contributed by atoms with E-state index in [-0.39, 0.29) is 13.2 Å². The molecule has 0 saturated heterocycles. The quantitative estimate of drug-likeness (QED) is 0.570. The van der Waals surface area contributed by atoms with Gasteiger partial charge in [-0.25, -0.2) is 8.42 Å². The molecule has 0 heterocycles. The fourth-order valence-corrected chi connectivity index (χ4v) is 2.99. The van der Waals surface area contributed by atoms with Crippen LogP contribution in [0.1, 0.15) is 6.42 Å². The predicted octanol–water partition coefficient (Wildman–Crippen LogP) is -1.23. The van der Waals surface area contributed by atoms with E-state index in [1.165, 1.54) is 0 Å². The van der Waals surface area contributed by atoms with Gasteiger partial charge in [-0.05, 0) is 6.42 Å². The Morgan fingerprint density at radius 2 is 1.91 bits per heavy atom. The van der Waals surface area contributed by atoms with Crippen LogP contribution in [-0.4, -0.2) is 43.4 Å². The van der Waals surface area contributed by atoms with Gasteiger partial charge in [-0.15, -0.1) is 0 Å². The van der Waals surface area contributed by atoms with Gasteiger partial charge in [0.2, 0.25) is 0 Å². The lowest BCUT2D eigenvalue weighted by Gasteiger charge is -2.07. The highest BCUT2D eigenvalue weighted by atomic mass is 32.2. The van der Waals surface area contributed by atoms with E-state index in [0.29, 0.717) is 6.42 Å². The molecule has 1 fully saturated rings. The Morgan fingerprint density at radius 3 is 2.00 bits per heavy atom. The highest BCUT2D eigenvalue weighted by Gasteiger charge is 2.59. The second-order valence-corrected chi connectivity index (χ2v) is 5.43. The maximum atomic E-state index is 10.9. The number of sulfone groups is 1. The third kappa shape index (κ3) is 1.40. The molecule has 1 saturated carbocycles. The van der Waals surface area contributed by atoms with Gasteiger partial charge in [0.25, 0.3) is 0 Å². The molecule has 0 aromatic heterocycles. The Bertz CT molecular complexity index is 239. The van der Waals surface area contributed by atoms with Crippen LogP contribution in [-0.2, 0) is 9.84 Å². The zero-order chi connectivity index (χ0) is 8.70. The van der Waals surface area contributed by atoms with E-state index < -0.39 is 20.5 Å². The first kappa shape index (κ1) is 8.96. The van der Waals surface area contributed by atoms with Crippen molar-refractivity contribution >= 4 is 9.84 Å². The third-order valence-electron chi connectivity index (χ3n) is 2.26. The van der Waals surface area contributed by atoms with Crippen molar-refractivity contribution in [2.75, 3.05) is 19.5 Å². The highest BCUT2D eigenvalue weighted by molar-refractivity contribution is 7.91. The molecule has 0 bridgehead atoms. The van der Waals surface area contributed by atoms with Crippen molar-refractivity contribution in [1.29, 1.82) is 0 Å². The molecule has 0 aliphatic heterocycles. The first-order valence-corrected chi connectivity index (χ1v) is 5.32. The van der Waals surface area contributed by atoms with Crippen LogP contribution < -0.4 is 0 Å². The summed E-state index contributed by atoms with van der Waals surface area (Å²) in [6, 6.07) is 0. The summed E-state index contributed by atoms with van der Waals surface area (Å²) in [6.07, 6.45) is 1.52. The van der Waals surface area contributed by atoms with Crippen molar-refractivity contribution in [1.82, 2.24) is 0 Å². The van der Waals surface area contributed by atoms with Gasteiger partial charge < -0.3 is 10.2 Å². The van der Waals surface area contributed by atoms with E-state index in [1.807, 2.05) is 0 Å².